The number of likely N-dealkylation sites (N-methyl/N-ethyl adjacent to an activating group) is 1. The van der Waals surface area contributed by atoms with Crippen molar-refractivity contribution in [3.05, 3.63) is 76.8 Å². The average molecular weight is 463 g/mol. The van der Waals surface area contributed by atoms with E-state index >= 15 is 0 Å². The fourth-order valence-corrected chi connectivity index (χ4v) is 5.75. The number of carbonyl (C=O) groups excluding carboxylic acids is 1. The molecule has 2 aromatic rings. The number of amides is 1. The molecular weight excluding hydrogens is 432 g/mol. The van der Waals surface area contributed by atoms with E-state index in [2.05, 4.69) is 81.1 Å². The molecule has 2 aliphatic heterocycles. The monoisotopic (exact) mass is 462 g/mol. The van der Waals surface area contributed by atoms with Gasteiger partial charge in [-0.05, 0) is 54.3 Å². The second-order valence-corrected chi connectivity index (χ2v) is 10.4. The van der Waals surface area contributed by atoms with Crippen molar-refractivity contribution in [1.82, 2.24) is 4.90 Å². The number of allylic oxidation sites excluding steroid dienone is 3. The highest BCUT2D eigenvalue weighted by Crippen LogP contribution is 2.49. The fourth-order valence-electron chi connectivity index (χ4n) is 4.50. The highest BCUT2D eigenvalue weighted by Gasteiger charge is 2.39. The maximum atomic E-state index is 12.9. The zero-order chi connectivity index (χ0) is 22.9. The van der Waals surface area contributed by atoms with Crippen LogP contribution in [0.25, 0.3) is 11.1 Å². The standard InChI is InChI=1S/C27H30N2OS2/c1-5-7-17-29-25(30)23(32-26(29)31)15-16-24-27(3,4)21-18-20(19-11-9-8-10-12-19)13-14-22(21)28(24)6-2/h8-16,18H,5-7,17H2,1-4H3. The molecule has 0 saturated carbocycles. The van der Waals surface area contributed by atoms with E-state index in [1.807, 2.05) is 12.1 Å². The van der Waals surface area contributed by atoms with E-state index in [0.29, 0.717) is 15.8 Å². The Bertz CT molecular complexity index is 1100. The lowest BCUT2D eigenvalue weighted by molar-refractivity contribution is -0.122. The number of anilines is 1. The Hall–Kier alpha value is -2.37. The van der Waals surface area contributed by atoms with Gasteiger partial charge in [0.25, 0.3) is 5.91 Å². The van der Waals surface area contributed by atoms with Crippen molar-refractivity contribution < 1.29 is 4.79 Å². The molecule has 1 fully saturated rings. The summed E-state index contributed by atoms with van der Waals surface area (Å²) in [6, 6.07) is 17.3. The van der Waals surface area contributed by atoms with Gasteiger partial charge in [-0.1, -0.05) is 87.6 Å². The van der Waals surface area contributed by atoms with Crippen LogP contribution in [0.3, 0.4) is 0 Å². The molecule has 0 N–H and O–H groups in total. The number of rotatable bonds is 6. The van der Waals surface area contributed by atoms with Crippen LogP contribution >= 0.6 is 24.0 Å². The van der Waals surface area contributed by atoms with Crippen LogP contribution in [0, 0.1) is 0 Å². The Morgan fingerprint density at radius 1 is 1.00 bits per heavy atom. The van der Waals surface area contributed by atoms with Crippen LogP contribution in [0.4, 0.5) is 5.69 Å². The molecule has 166 valence electrons. The van der Waals surface area contributed by atoms with Gasteiger partial charge in [-0.2, -0.15) is 0 Å². The van der Waals surface area contributed by atoms with Gasteiger partial charge in [-0.15, -0.1) is 0 Å². The minimum atomic E-state index is -0.165. The molecule has 5 heteroatoms. The largest absolute Gasteiger partial charge is 0.344 e. The van der Waals surface area contributed by atoms with Gasteiger partial charge in [0.2, 0.25) is 0 Å². The van der Waals surface area contributed by atoms with E-state index in [4.69, 9.17) is 12.2 Å². The van der Waals surface area contributed by atoms with Crippen LogP contribution in [-0.4, -0.2) is 28.2 Å². The molecule has 2 aliphatic rings. The lowest BCUT2D eigenvalue weighted by Crippen LogP contribution is -2.29. The number of carbonyl (C=O) groups is 1. The Labute approximate surface area is 201 Å². The minimum Gasteiger partial charge on any atom is -0.344 e. The predicted molar refractivity (Wildman–Crippen MR) is 141 cm³/mol. The van der Waals surface area contributed by atoms with E-state index in [1.54, 1.807) is 4.90 Å². The van der Waals surface area contributed by atoms with Gasteiger partial charge in [0, 0.05) is 29.9 Å². The van der Waals surface area contributed by atoms with Crippen LogP contribution in [-0.2, 0) is 10.2 Å². The molecule has 0 atom stereocenters. The van der Waals surface area contributed by atoms with Gasteiger partial charge in [0.15, 0.2) is 0 Å². The normalized spacial score (nSPS) is 20.0. The molecule has 0 radical (unpaired) electrons. The summed E-state index contributed by atoms with van der Waals surface area (Å²) in [6.07, 6.45) is 6.10. The summed E-state index contributed by atoms with van der Waals surface area (Å²) in [5.41, 5.74) is 6.05. The second kappa shape index (κ2) is 9.24. The minimum absolute atomic E-state index is 0.0352. The number of hydrogen-bond acceptors (Lipinski definition) is 4. The predicted octanol–water partition coefficient (Wildman–Crippen LogP) is 6.90. The van der Waals surface area contributed by atoms with Crippen LogP contribution in [0.1, 0.15) is 46.1 Å². The Morgan fingerprint density at radius 2 is 1.75 bits per heavy atom. The summed E-state index contributed by atoms with van der Waals surface area (Å²) >= 11 is 6.88. The van der Waals surface area contributed by atoms with Gasteiger partial charge in [0.1, 0.15) is 4.32 Å². The van der Waals surface area contributed by atoms with E-state index in [-0.39, 0.29) is 11.3 Å². The number of unbranched alkanes of at least 4 members (excludes halogenated alkanes) is 1. The highest BCUT2D eigenvalue weighted by molar-refractivity contribution is 8.26. The van der Waals surface area contributed by atoms with Gasteiger partial charge in [0.05, 0.1) is 4.91 Å². The van der Waals surface area contributed by atoms with Gasteiger partial charge in [-0.25, -0.2) is 0 Å². The molecule has 0 bridgehead atoms. The number of fused-ring (bicyclic) bond motifs is 1. The maximum absolute atomic E-state index is 12.9. The van der Waals surface area contributed by atoms with Crippen molar-refractivity contribution in [3.8, 4) is 11.1 Å². The van der Waals surface area contributed by atoms with Crippen LogP contribution < -0.4 is 4.90 Å². The summed E-state index contributed by atoms with van der Waals surface area (Å²) in [4.78, 5) is 17.7. The molecule has 1 amide bonds. The van der Waals surface area contributed by atoms with Crippen molar-refractivity contribution in [2.45, 2.75) is 46.0 Å². The van der Waals surface area contributed by atoms with Crippen molar-refractivity contribution in [1.29, 1.82) is 0 Å². The van der Waals surface area contributed by atoms with Crippen molar-refractivity contribution in [2.75, 3.05) is 18.0 Å². The first-order valence-corrected chi connectivity index (χ1v) is 12.5. The average Bonchev–Trinajstić information content (AvgIpc) is 3.19. The molecule has 4 rings (SSSR count). The van der Waals surface area contributed by atoms with Crippen LogP contribution in [0.2, 0.25) is 0 Å². The molecule has 0 aliphatic carbocycles. The van der Waals surface area contributed by atoms with Gasteiger partial charge >= 0.3 is 0 Å². The van der Waals surface area contributed by atoms with E-state index in [0.717, 1.165) is 19.4 Å². The Morgan fingerprint density at radius 3 is 2.44 bits per heavy atom. The lowest BCUT2D eigenvalue weighted by atomic mass is 9.82. The molecule has 1 saturated heterocycles. The SMILES string of the molecule is CCCCN1C(=O)C(=CC=C2N(CC)c3ccc(-c4ccccc4)cc3C2(C)C)SC1=S. The number of hydrogen-bond donors (Lipinski definition) is 0. The molecule has 0 spiro atoms. The molecule has 3 nitrogen and oxygen atoms in total. The van der Waals surface area contributed by atoms with E-state index < -0.39 is 0 Å². The van der Waals surface area contributed by atoms with Crippen molar-refractivity contribution in [3.63, 3.8) is 0 Å². The molecule has 2 heterocycles. The van der Waals surface area contributed by atoms with Gasteiger partial charge < -0.3 is 4.90 Å². The zero-order valence-corrected chi connectivity index (χ0v) is 20.9. The lowest BCUT2D eigenvalue weighted by Gasteiger charge is -2.25. The third kappa shape index (κ3) is 4.04. The number of thioether (sulfide) groups is 1. The molecule has 32 heavy (non-hydrogen) atoms. The summed E-state index contributed by atoms with van der Waals surface area (Å²) in [7, 11) is 0. The Balaban J connectivity index is 1.68. The summed E-state index contributed by atoms with van der Waals surface area (Å²) in [5, 5.41) is 0. The van der Waals surface area contributed by atoms with Crippen molar-refractivity contribution in [2.24, 2.45) is 0 Å². The highest BCUT2D eigenvalue weighted by atomic mass is 32.2. The molecule has 2 aromatic carbocycles. The quantitative estimate of drug-likeness (QED) is 0.344. The Kier molecular flexibility index (Phi) is 6.59. The summed E-state index contributed by atoms with van der Waals surface area (Å²) < 4.78 is 0.668. The van der Waals surface area contributed by atoms with Crippen LogP contribution in [0.5, 0.6) is 0 Å². The third-order valence-electron chi connectivity index (χ3n) is 6.32. The molecule has 0 unspecified atom stereocenters. The first kappa shape index (κ1) is 22.8. The summed E-state index contributed by atoms with van der Waals surface area (Å²) in [6.45, 7) is 10.4. The van der Waals surface area contributed by atoms with E-state index in [9.17, 15) is 4.79 Å². The molecule has 0 aromatic heterocycles. The number of benzene rings is 2. The first-order chi connectivity index (χ1) is 15.4. The smallest absolute Gasteiger partial charge is 0.266 e. The number of thiocarbonyl (C=S) groups is 1. The van der Waals surface area contributed by atoms with E-state index in [1.165, 1.54) is 39.8 Å². The zero-order valence-electron chi connectivity index (χ0n) is 19.2. The second-order valence-electron chi connectivity index (χ2n) is 8.73. The number of nitrogens with zero attached hydrogens (tertiary/aromatic N) is 2. The van der Waals surface area contributed by atoms with Gasteiger partial charge in [-0.3, -0.25) is 9.69 Å². The fraction of sp³-hybridized carbons (Fsp3) is 0.333. The van der Waals surface area contributed by atoms with Crippen molar-refractivity contribution >= 4 is 39.9 Å². The molecular formula is C27H30N2OS2. The third-order valence-corrected chi connectivity index (χ3v) is 7.71. The summed E-state index contributed by atoms with van der Waals surface area (Å²) in [5.74, 6) is 0.0352. The maximum Gasteiger partial charge on any atom is 0.266 e. The topological polar surface area (TPSA) is 23.6 Å². The first-order valence-electron chi connectivity index (χ1n) is 11.3. The van der Waals surface area contributed by atoms with Crippen LogP contribution in [0.15, 0.2) is 71.3 Å².